The van der Waals surface area contributed by atoms with Crippen LogP contribution in [0.3, 0.4) is 0 Å². The van der Waals surface area contributed by atoms with Gasteiger partial charge in [0.2, 0.25) is 41.4 Å². The van der Waals surface area contributed by atoms with Crippen molar-refractivity contribution < 1.29 is 53.4 Å². The Hall–Kier alpha value is -5.20. The van der Waals surface area contributed by atoms with Crippen molar-refractivity contribution in [3.05, 3.63) is 35.9 Å². The van der Waals surface area contributed by atoms with E-state index >= 15 is 0 Å². The third kappa shape index (κ3) is 19.3. The SMILES string of the molecule is CC(=O)N[C@@H](CCC(=O)O)C(=O)N[C@@H](Cc1ccccc1)C(=O)N[C@@H](CCC(N)=O)C(=O)N[C@@H](CC(C)C)C(=O)N[C@@H](CCC(N)=O)[C@@H](S)CC(=O)O. The molecule has 7 amide bonds. The molecule has 1 aromatic carbocycles. The van der Waals surface area contributed by atoms with Gasteiger partial charge in [-0.3, -0.25) is 43.2 Å². The molecule has 11 N–H and O–H groups in total. The minimum Gasteiger partial charge on any atom is -0.481 e. The first-order chi connectivity index (χ1) is 24.8. The van der Waals surface area contributed by atoms with Gasteiger partial charge in [0.1, 0.15) is 24.2 Å². The van der Waals surface area contributed by atoms with Crippen molar-refractivity contribution in [2.24, 2.45) is 17.4 Å². The number of thiol groups is 1. The Labute approximate surface area is 312 Å². The number of carboxylic acid groups (broad SMARTS) is 2. The molecule has 0 saturated carbocycles. The van der Waals surface area contributed by atoms with Gasteiger partial charge in [0.15, 0.2) is 0 Å². The highest BCUT2D eigenvalue weighted by molar-refractivity contribution is 7.81. The average molecular weight is 766 g/mol. The number of hydrogen-bond acceptors (Lipinski definition) is 10. The van der Waals surface area contributed by atoms with Crippen LogP contribution in [-0.4, -0.2) is 99.0 Å². The standard InChI is InChI=1S/C34H51N7O11S/c1-18(2)15-24(33(51)38-21(9-12-27(35)43)26(53)17-30(47)48)40-32(50)23(10-13-28(36)44)39-34(52)25(16-20-7-5-4-6-8-20)41-31(49)22(37-19(3)42)11-14-29(45)46/h4-8,18,21-26,53H,9-17H2,1-3H3,(H2,35,43)(H2,36,44)(H,37,42)(H,38,51)(H,39,52)(H,40,50)(H,41,49)(H,45,46)(H,47,48)/t21-,22-,23-,24-,25-,26-/m0/s1. The number of carbonyl (C=O) groups excluding carboxylic acids is 7. The molecular weight excluding hydrogens is 714 g/mol. The zero-order valence-corrected chi connectivity index (χ0v) is 30.9. The lowest BCUT2D eigenvalue weighted by atomic mass is 9.99. The van der Waals surface area contributed by atoms with Crippen LogP contribution in [0, 0.1) is 5.92 Å². The molecule has 6 atom stereocenters. The first-order valence-corrected chi connectivity index (χ1v) is 17.5. The van der Waals surface area contributed by atoms with Gasteiger partial charge >= 0.3 is 11.9 Å². The zero-order chi connectivity index (χ0) is 40.2. The summed E-state index contributed by atoms with van der Waals surface area (Å²) in [6, 6.07) is 2.18. The fraction of sp³-hybridized carbons (Fsp3) is 0.559. The molecule has 53 heavy (non-hydrogen) atoms. The summed E-state index contributed by atoms with van der Waals surface area (Å²) in [6.45, 7) is 4.69. The summed E-state index contributed by atoms with van der Waals surface area (Å²) in [5.41, 5.74) is 11.2. The van der Waals surface area contributed by atoms with Gasteiger partial charge in [-0.05, 0) is 37.2 Å². The Kier molecular flexibility index (Phi) is 20.2. The van der Waals surface area contributed by atoms with Crippen molar-refractivity contribution in [2.75, 3.05) is 0 Å². The molecule has 0 aliphatic rings. The second kappa shape index (κ2) is 23.4. The van der Waals surface area contributed by atoms with Crippen molar-refractivity contribution in [2.45, 2.75) is 114 Å². The summed E-state index contributed by atoms with van der Waals surface area (Å²) in [7, 11) is 0. The number of aliphatic carboxylic acids is 2. The van der Waals surface area contributed by atoms with Gasteiger partial charge in [0.25, 0.3) is 0 Å². The van der Waals surface area contributed by atoms with E-state index in [0.717, 1.165) is 6.92 Å². The predicted octanol–water partition coefficient (Wildman–Crippen LogP) is -1.11. The topological polar surface area (TPSA) is 306 Å². The zero-order valence-electron chi connectivity index (χ0n) is 30.0. The van der Waals surface area contributed by atoms with Crippen molar-refractivity contribution in [3.63, 3.8) is 0 Å². The molecule has 0 aliphatic carbocycles. The highest BCUT2D eigenvalue weighted by Crippen LogP contribution is 2.15. The smallest absolute Gasteiger partial charge is 0.304 e. The van der Waals surface area contributed by atoms with Gasteiger partial charge in [-0.1, -0.05) is 44.2 Å². The fourth-order valence-electron chi connectivity index (χ4n) is 5.18. The Bertz CT molecular complexity index is 1460. The molecule has 0 aromatic heterocycles. The van der Waals surface area contributed by atoms with E-state index in [9.17, 15) is 48.3 Å². The minimum absolute atomic E-state index is 0.0320. The summed E-state index contributed by atoms with van der Waals surface area (Å²) >= 11 is 4.29. The van der Waals surface area contributed by atoms with Gasteiger partial charge < -0.3 is 48.3 Å². The molecule has 0 radical (unpaired) electrons. The van der Waals surface area contributed by atoms with Crippen LogP contribution in [0.5, 0.6) is 0 Å². The summed E-state index contributed by atoms with van der Waals surface area (Å²) in [5, 5.41) is 30.1. The Morgan fingerprint density at radius 3 is 1.62 bits per heavy atom. The van der Waals surface area contributed by atoms with Crippen molar-refractivity contribution in [3.8, 4) is 0 Å². The number of amides is 7. The summed E-state index contributed by atoms with van der Waals surface area (Å²) in [6.07, 6.45) is -2.10. The van der Waals surface area contributed by atoms with E-state index in [4.69, 9.17) is 16.6 Å². The lowest BCUT2D eigenvalue weighted by molar-refractivity contribution is -0.138. The van der Waals surface area contributed by atoms with E-state index in [1.807, 2.05) is 0 Å². The fourth-order valence-corrected chi connectivity index (χ4v) is 5.56. The number of carbonyl (C=O) groups is 9. The summed E-state index contributed by atoms with van der Waals surface area (Å²) in [5.74, 6) is -8.04. The second-order valence-corrected chi connectivity index (χ2v) is 13.6. The molecule has 0 aliphatic heterocycles. The first-order valence-electron chi connectivity index (χ1n) is 17.0. The molecule has 19 heteroatoms. The minimum atomic E-state index is -1.46. The third-order valence-electron chi connectivity index (χ3n) is 7.79. The molecule has 1 aromatic rings. The molecule has 0 spiro atoms. The van der Waals surface area contributed by atoms with E-state index in [1.54, 1.807) is 44.2 Å². The van der Waals surface area contributed by atoms with E-state index in [1.165, 1.54) is 0 Å². The quantitative estimate of drug-likeness (QED) is 0.0532. The number of carboxylic acids is 2. The third-order valence-corrected chi connectivity index (χ3v) is 8.33. The molecule has 0 heterocycles. The molecule has 0 unspecified atom stereocenters. The maximum absolute atomic E-state index is 13.8. The Morgan fingerprint density at radius 1 is 0.642 bits per heavy atom. The molecule has 0 fully saturated rings. The Morgan fingerprint density at radius 2 is 1.11 bits per heavy atom. The van der Waals surface area contributed by atoms with E-state index in [0.29, 0.717) is 5.56 Å². The van der Waals surface area contributed by atoms with E-state index < -0.39 is 102 Å². The van der Waals surface area contributed by atoms with Crippen LogP contribution in [0.15, 0.2) is 30.3 Å². The molecule has 0 bridgehead atoms. The van der Waals surface area contributed by atoms with E-state index in [-0.39, 0.29) is 50.9 Å². The molecule has 294 valence electrons. The van der Waals surface area contributed by atoms with Crippen LogP contribution in [0.2, 0.25) is 0 Å². The van der Waals surface area contributed by atoms with Crippen molar-refractivity contribution >= 4 is 65.9 Å². The van der Waals surface area contributed by atoms with E-state index in [2.05, 4.69) is 39.2 Å². The van der Waals surface area contributed by atoms with Crippen LogP contribution >= 0.6 is 12.6 Å². The van der Waals surface area contributed by atoms with Gasteiger partial charge in [0, 0.05) is 43.9 Å². The number of nitrogens with one attached hydrogen (secondary N) is 5. The lowest BCUT2D eigenvalue weighted by Gasteiger charge is -2.29. The second-order valence-electron chi connectivity index (χ2n) is 13.0. The van der Waals surface area contributed by atoms with Crippen molar-refractivity contribution in [1.29, 1.82) is 0 Å². The van der Waals surface area contributed by atoms with Crippen LogP contribution in [-0.2, 0) is 49.6 Å². The number of nitrogens with two attached hydrogens (primary N) is 2. The predicted molar refractivity (Wildman–Crippen MR) is 194 cm³/mol. The lowest BCUT2D eigenvalue weighted by Crippen LogP contribution is -2.59. The number of primary amides is 2. The normalized spacial score (nSPS) is 14.3. The first kappa shape index (κ1) is 45.8. The maximum Gasteiger partial charge on any atom is 0.304 e. The average Bonchev–Trinajstić information content (AvgIpc) is 3.05. The maximum atomic E-state index is 13.8. The van der Waals surface area contributed by atoms with Gasteiger partial charge in [-0.25, -0.2) is 0 Å². The highest BCUT2D eigenvalue weighted by Gasteiger charge is 2.33. The monoisotopic (exact) mass is 765 g/mol. The molecular formula is C34H51N7O11S. The summed E-state index contributed by atoms with van der Waals surface area (Å²) in [4.78, 5) is 112. The largest absolute Gasteiger partial charge is 0.481 e. The number of benzene rings is 1. The van der Waals surface area contributed by atoms with Crippen LogP contribution in [0.1, 0.15) is 77.7 Å². The molecule has 18 nitrogen and oxygen atoms in total. The Balaban J connectivity index is 3.40. The van der Waals surface area contributed by atoms with Crippen LogP contribution in [0.25, 0.3) is 0 Å². The molecule has 1 rings (SSSR count). The summed E-state index contributed by atoms with van der Waals surface area (Å²) < 4.78 is 0. The van der Waals surface area contributed by atoms with Crippen LogP contribution < -0.4 is 38.1 Å². The van der Waals surface area contributed by atoms with Gasteiger partial charge in [0.05, 0.1) is 6.42 Å². The van der Waals surface area contributed by atoms with Gasteiger partial charge in [-0.2, -0.15) is 12.6 Å². The van der Waals surface area contributed by atoms with Crippen molar-refractivity contribution in [1.82, 2.24) is 26.6 Å². The number of rotatable bonds is 25. The number of hydrogen-bond donors (Lipinski definition) is 10. The molecule has 0 saturated heterocycles. The highest BCUT2D eigenvalue weighted by atomic mass is 32.1. The van der Waals surface area contributed by atoms with Gasteiger partial charge in [-0.15, -0.1) is 0 Å². The van der Waals surface area contributed by atoms with Crippen LogP contribution in [0.4, 0.5) is 0 Å².